The fourth-order valence-corrected chi connectivity index (χ4v) is 4.63. The van der Waals surface area contributed by atoms with Gasteiger partial charge in [0.1, 0.15) is 5.75 Å². The predicted molar refractivity (Wildman–Crippen MR) is 77.3 cm³/mol. The molecule has 0 aromatic carbocycles. The molecule has 1 saturated carbocycles. The Labute approximate surface area is 121 Å². The lowest BCUT2D eigenvalue weighted by Gasteiger charge is -2.34. The lowest BCUT2D eigenvalue weighted by Crippen LogP contribution is -2.53. The maximum absolute atomic E-state index is 12.1. The summed E-state index contributed by atoms with van der Waals surface area (Å²) in [6.45, 7) is 4.06. The molecule has 1 aliphatic carbocycles. The number of sulfone groups is 1. The van der Waals surface area contributed by atoms with Crippen molar-refractivity contribution in [3.05, 3.63) is 0 Å². The van der Waals surface area contributed by atoms with Crippen molar-refractivity contribution in [2.45, 2.75) is 43.9 Å². The third-order valence-corrected chi connectivity index (χ3v) is 6.09. The van der Waals surface area contributed by atoms with Crippen LogP contribution in [0.5, 0.6) is 0 Å². The zero-order chi connectivity index (χ0) is 13.2. The molecule has 1 saturated heterocycles. The highest BCUT2D eigenvalue weighted by Gasteiger charge is 2.33. The summed E-state index contributed by atoms with van der Waals surface area (Å²) in [6.07, 6.45) is 3.41. The fraction of sp³-hybridized carbons (Fsp3) is 0.917. The van der Waals surface area contributed by atoms with Gasteiger partial charge < -0.3 is 10.2 Å². The molecular formula is C12H23ClN2O3S. The molecule has 1 atom stereocenters. The first-order valence-electron chi connectivity index (χ1n) is 6.72. The van der Waals surface area contributed by atoms with Gasteiger partial charge in [0.25, 0.3) is 0 Å². The summed E-state index contributed by atoms with van der Waals surface area (Å²) in [5.41, 5.74) is 0. The largest absolute Gasteiger partial charge is 0.337 e. The van der Waals surface area contributed by atoms with Crippen LogP contribution >= 0.6 is 12.4 Å². The zero-order valence-electron chi connectivity index (χ0n) is 11.3. The summed E-state index contributed by atoms with van der Waals surface area (Å²) in [5.74, 6) is -0.530. The van der Waals surface area contributed by atoms with Crippen molar-refractivity contribution in [2.24, 2.45) is 0 Å². The monoisotopic (exact) mass is 310 g/mol. The van der Waals surface area contributed by atoms with E-state index >= 15 is 0 Å². The van der Waals surface area contributed by atoms with Gasteiger partial charge in [0, 0.05) is 25.7 Å². The lowest BCUT2D eigenvalue weighted by molar-refractivity contribution is -0.131. The molecule has 0 unspecified atom stereocenters. The van der Waals surface area contributed by atoms with E-state index in [0.717, 1.165) is 38.8 Å². The van der Waals surface area contributed by atoms with E-state index in [0.29, 0.717) is 6.54 Å². The molecule has 1 N–H and O–H groups in total. The molecule has 0 aromatic heterocycles. The maximum Gasteiger partial charge on any atom is 0.238 e. The summed E-state index contributed by atoms with van der Waals surface area (Å²) in [5, 5.41) is 2.92. The van der Waals surface area contributed by atoms with Gasteiger partial charge in [0.15, 0.2) is 9.84 Å². The van der Waals surface area contributed by atoms with Gasteiger partial charge in [-0.1, -0.05) is 12.8 Å². The molecule has 2 aliphatic rings. The molecule has 112 valence electrons. The average Bonchev–Trinajstić information content (AvgIpc) is 2.82. The van der Waals surface area contributed by atoms with Crippen LogP contribution in [0.2, 0.25) is 0 Å². The molecule has 1 heterocycles. The number of nitrogens with one attached hydrogen (secondary N) is 1. The lowest BCUT2D eigenvalue weighted by atomic mass is 10.2. The zero-order valence-corrected chi connectivity index (χ0v) is 12.9. The number of rotatable bonds is 3. The highest BCUT2D eigenvalue weighted by Crippen LogP contribution is 2.25. The Morgan fingerprint density at radius 3 is 2.53 bits per heavy atom. The second-order valence-electron chi connectivity index (χ2n) is 5.35. The number of hydrogen-bond donors (Lipinski definition) is 1. The van der Waals surface area contributed by atoms with E-state index in [1.54, 1.807) is 4.90 Å². The van der Waals surface area contributed by atoms with E-state index in [1.165, 1.54) is 0 Å². The van der Waals surface area contributed by atoms with Crippen LogP contribution < -0.4 is 5.32 Å². The van der Waals surface area contributed by atoms with Gasteiger partial charge in [-0.15, -0.1) is 12.4 Å². The first-order valence-corrected chi connectivity index (χ1v) is 8.44. The van der Waals surface area contributed by atoms with Crippen LogP contribution in [0.3, 0.4) is 0 Å². The third kappa shape index (κ3) is 4.07. The Morgan fingerprint density at radius 2 is 1.95 bits per heavy atom. The van der Waals surface area contributed by atoms with Crippen LogP contribution in [-0.2, 0) is 14.6 Å². The Balaban J connectivity index is 0.00000180. The van der Waals surface area contributed by atoms with Gasteiger partial charge in [-0.2, -0.15) is 0 Å². The van der Waals surface area contributed by atoms with Gasteiger partial charge in [0.2, 0.25) is 5.91 Å². The van der Waals surface area contributed by atoms with Gasteiger partial charge in [-0.3, -0.25) is 4.79 Å². The van der Waals surface area contributed by atoms with Gasteiger partial charge >= 0.3 is 0 Å². The first-order chi connectivity index (χ1) is 8.50. The Kier molecular flexibility index (Phi) is 6.08. The van der Waals surface area contributed by atoms with Gasteiger partial charge in [-0.05, 0) is 19.8 Å². The van der Waals surface area contributed by atoms with Crippen molar-refractivity contribution in [1.82, 2.24) is 10.2 Å². The second kappa shape index (κ2) is 6.90. The predicted octanol–water partition coefficient (Wildman–Crippen LogP) is 0.586. The summed E-state index contributed by atoms with van der Waals surface area (Å²) in [7, 11) is -3.24. The van der Waals surface area contributed by atoms with Crippen LogP contribution in [0.4, 0.5) is 0 Å². The smallest absolute Gasteiger partial charge is 0.238 e. The van der Waals surface area contributed by atoms with E-state index < -0.39 is 9.84 Å². The summed E-state index contributed by atoms with van der Waals surface area (Å²) >= 11 is 0. The highest BCUT2D eigenvalue weighted by molar-refractivity contribution is 7.92. The number of nitrogens with zero attached hydrogens (tertiary/aromatic N) is 1. The summed E-state index contributed by atoms with van der Waals surface area (Å²) in [4.78, 5) is 13.8. The molecule has 5 nitrogen and oxygen atoms in total. The van der Waals surface area contributed by atoms with Crippen molar-refractivity contribution in [2.75, 3.05) is 25.4 Å². The number of piperazine rings is 1. The topological polar surface area (TPSA) is 66.5 Å². The van der Waals surface area contributed by atoms with E-state index in [1.807, 2.05) is 6.92 Å². The standard InChI is InChI=1S/C12H22N2O3S.ClH/c1-10-8-13-6-7-14(10)12(15)9-18(16,17)11-4-2-3-5-11;/h10-11,13H,2-9H2,1H3;1H/t10-;/m1./s1. The van der Waals surface area contributed by atoms with Crippen molar-refractivity contribution >= 4 is 28.2 Å². The number of amides is 1. The van der Waals surface area contributed by atoms with Crippen molar-refractivity contribution < 1.29 is 13.2 Å². The minimum absolute atomic E-state index is 0. The van der Waals surface area contributed by atoms with E-state index in [2.05, 4.69) is 5.32 Å². The summed E-state index contributed by atoms with van der Waals surface area (Å²) in [6, 6.07) is 0.0880. The molecular weight excluding hydrogens is 288 g/mol. The van der Waals surface area contributed by atoms with E-state index in [-0.39, 0.29) is 35.4 Å². The van der Waals surface area contributed by atoms with Crippen molar-refractivity contribution in [1.29, 1.82) is 0 Å². The molecule has 2 fully saturated rings. The SMILES string of the molecule is C[C@@H]1CNCCN1C(=O)CS(=O)(=O)C1CCCC1.Cl. The molecule has 19 heavy (non-hydrogen) atoms. The third-order valence-electron chi connectivity index (χ3n) is 3.96. The van der Waals surface area contributed by atoms with Crippen LogP contribution in [0.1, 0.15) is 32.6 Å². The Morgan fingerprint density at radius 1 is 1.32 bits per heavy atom. The van der Waals surface area contributed by atoms with Crippen LogP contribution in [-0.4, -0.2) is 55.9 Å². The normalized spacial score (nSPS) is 25.1. The molecule has 0 bridgehead atoms. The fourth-order valence-electron chi connectivity index (χ4n) is 2.83. The van der Waals surface area contributed by atoms with Crippen LogP contribution in [0.15, 0.2) is 0 Å². The molecule has 7 heteroatoms. The number of halogens is 1. The molecule has 0 radical (unpaired) electrons. The van der Waals surface area contributed by atoms with Crippen LogP contribution in [0, 0.1) is 0 Å². The Bertz CT molecular complexity index is 407. The quantitative estimate of drug-likeness (QED) is 0.828. The molecule has 0 spiro atoms. The first kappa shape index (κ1) is 16.7. The van der Waals surface area contributed by atoms with E-state index in [4.69, 9.17) is 0 Å². The van der Waals surface area contributed by atoms with E-state index in [9.17, 15) is 13.2 Å². The highest BCUT2D eigenvalue weighted by atomic mass is 35.5. The van der Waals surface area contributed by atoms with Crippen molar-refractivity contribution in [3.8, 4) is 0 Å². The molecule has 2 rings (SSSR count). The number of carbonyl (C=O) groups is 1. The van der Waals surface area contributed by atoms with Gasteiger partial charge in [0.05, 0.1) is 5.25 Å². The molecule has 1 aliphatic heterocycles. The molecule has 0 aromatic rings. The summed E-state index contributed by atoms with van der Waals surface area (Å²) < 4.78 is 24.3. The molecule has 1 amide bonds. The average molecular weight is 311 g/mol. The Hall–Kier alpha value is -0.330. The maximum atomic E-state index is 12.1. The van der Waals surface area contributed by atoms with Crippen LogP contribution in [0.25, 0.3) is 0 Å². The minimum atomic E-state index is -3.24. The minimum Gasteiger partial charge on any atom is -0.337 e. The second-order valence-corrected chi connectivity index (χ2v) is 7.64. The number of hydrogen-bond acceptors (Lipinski definition) is 4. The van der Waals surface area contributed by atoms with Gasteiger partial charge in [-0.25, -0.2) is 8.42 Å². The number of carbonyl (C=O) groups excluding carboxylic acids is 1. The van der Waals surface area contributed by atoms with Crippen molar-refractivity contribution in [3.63, 3.8) is 0 Å².